The minimum Gasteiger partial charge on any atom is -0.495 e. The molecule has 0 fully saturated rings. The maximum absolute atomic E-state index is 11.3. The molecule has 1 amide bonds. The van der Waals surface area contributed by atoms with E-state index < -0.39 is 5.97 Å². The van der Waals surface area contributed by atoms with Gasteiger partial charge in [-0.3, -0.25) is 9.78 Å². The first-order valence-electron chi connectivity index (χ1n) is 5.51. The molecule has 0 unspecified atom stereocenters. The third kappa shape index (κ3) is 2.33. The fraction of sp³-hybridized carbons (Fsp3) is 0.154. The smallest absolute Gasteiger partial charge is 0.336 e. The first-order valence-corrected chi connectivity index (χ1v) is 5.51. The van der Waals surface area contributed by atoms with E-state index in [1.54, 1.807) is 12.1 Å². The molecule has 0 aliphatic carbocycles. The number of amides is 1. The van der Waals surface area contributed by atoms with Gasteiger partial charge in [-0.25, -0.2) is 4.79 Å². The second-order valence-corrected chi connectivity index (χ2v) is 3.88. The Hall–Kier alpha value is -2.63. The average molecular weight is 260 g/mol. The Balaban J connectivity index is 2.84. The molecule has 0 aliphatic heterocycles. The van der Waals surface area contributed by atoms with E-state index in [-0.39, 0.29) is 11.5 Å². The molecule has 2 N–H and O–H groups in total. The van der Waals surface area contributed by atoms with Gasteiger partial charge in [0.1, 0.15) is 5.75 Å². The molecule has 6 nitrogen and oxygen atoms in total. The van der Waals surface area contributed by atoms with Gasteiger partial charge in [-0.2, -0.15) is 0 Å². The number of methoxy groups -OCH3 is 1. The Morgan fingerprint density at radius 1 is 1.32 bits per heavy atom. The summed E-state index contributed by atoms with van der Waals surface area (Å²) in [6, 6.07) is 4.66. The number of rotatable bonds is 3. The lowest BCUT2D eigenvalue weighted by Crippen LogP contribution is -2.10. The highest BCUT2D eigenvalue weighted by atomic mass is 16.5. The fourth-order valence-corrected chi connectivity index (χ4v) is 1.88. The van der Waals surface area contributed by atoms with Gasteiger partial charge in [0.15, 0.2) is 0 Å². The van der Waals surface area contributed by atoms with Gasteiger partial charge in [-0.05, 0) is 18.2 Å². The van der Waals surface area contributed by atoms with Crippen molar-refractivity contribution in [3.63, 3.8) is 0 Å². The van der Waals surface area contributed by atoms with Crippen molar-refractivity contribution in [1.29, 1.82) is 0 Å². The van der Waals surface area contributed by atoms with Crippen LogP contribution in [-0.2, 0) is 4.79 Å². The number of carboxylic acids is 1. The molecule has 0 bridgehead atoms. The topological polar surface area (TPSA) is 88.5 Å². The third-order valence-corrected chi connectivity index (χ3v) is 2.62. The summed E-state index contributed by atoms with van der Waals surface area (Å²) in [6.45, 7) is 1.34. The molecule has 6 heteroatoms. The van der Waals surface area contributed by atoms with Crippen molar-refractivity contribution in [1.82, 2.24) is 4.98 Å². The minimum atomic E-state index is -1.09. The molecule has 2 aromatic rings. The number of pyridine rings is 1. The summed E-state index contributed by atoms with van der Waals surface area (Å²) in [6.07, 6.45) is 1.41. The number of hydrogen-bond donors (Lipinski definition) is 2. The Morgan fingerprint density at radius 2 is 2.05 bits per heavy atom. The van der Waals surface area contributed by atoms with E-state index in [1.165, 1.54) is 26.3 Å². The number of nitrogens with zero attached hydrogens (tertiary/aromatic N) is 1. The number of carbonyl (C=O) groups is 2. The molecule has 0 atom stereocenters. The van der Waals surface area contributed by atoms with Gasteiger partial charge in [0.25, 0.3) is 0 Å². The molecule has 98 valence electrons. The predicted molar refractivity (Wildman–Crippen MR) is 69.6 cm³/mol. The summed E-state index contributed by atoms with van der Waals surface area (Å²) >= 11 is 0. The molecule has 1 aromatic heterocycles. The van der Waals surface area contributed by atoms with Crippen LogP contribution < -0.4 is 10.1 Å². The second kappa shape index (κ2) is 4.93. The molecular formula is C13H12N2O4. The third-order valence-electron chi connectivity index (χ3n) is 2.62. The highest BCUT2D eigenvalue weighted by molar-refractivity contribution is 6.12. The van der Waals surface area contributed by atoms with Gasteiger partial charge < -0.3 is 15.2 Å². The SMILES string of the molecule is COc1ccc2nccc(C(=O)O)c2c1NC(C)=O. The lowest BCUT2D eigenvalue weighted by molar-refractivity contribution is -0.114. The Bertz CT molecular complexity index is 667. The van der Waals surface area contributed by atoms with Crippen molar-refractivity contribution in [2.75, 3.05) is 12.4 Å². The molecule has 1 aromatic carbocycles. The van der Waals surface area contributed by atoms with Crippen molar-refractivity contribution >= 4 is 28.5 Å². The zero-order valence-electron chi connectivity index (χ0n) is 10.4. The van der Waals surface area contributed by atoms with E-state index in [1.807, 2.05) is 0 Å². The van der Waals surface area contributed by atoms with E-state index in [2.05, 4.69) is 10.3 Å². The van der Waals surface area contributed by atoms with E-state index in [9.17, 15) is 14.7 Å². The monoisotopic (exact) mass is 260 g/mol. The summed E-state index contributed by atoms with van der Waals surface area (Å²) in [5, 5.41) is 12.2. The molecule has 2 rings (SSSR count). The molecule has 0 saturated heterocycles. The van der Waals surface area contributed by atoms with Gasteiger partial charge in [-0.1, -0.05) is 0 Å². The van der Waals surface area contributed by atoms with Gasteiger partial charge in [-0.15, -0.1) is 0 Å². The Morgan fingerprint density at radius 3 is 2.63 bits per heavy atom. The first kappa shape index (κ1) is 12.8. The molecule has 0 aliphatic rings. The number of carboxylic acid groups (broad SMARTS) is 1. The van der Waals surface area contributed by atoms with E-state index in [4.69, 9.17) is 4.74 Å². The number of anilines is 1. The Labute approximate surface area is 109 Å². The van der Waals surface area contributed by atoms with Crippen LogP contribution in [0.2, 0.25) is 0 Å². The van der Waals surface area contributed by atoms with Crippen molar-refractivity contribution in [3.8, 4) is 5.75 Å². The first-order chi connectivity index (χ1) is 9.04. The zero-order valence-corrected chi connectivity index (χ0v) is 10.4. The van der Waals surface area contributed by atoms with Crippen LogP contribution in [0.3, 0.4) is 0 Å². The molecule has 0 radical (unpaired) electrons. The van der Waals surface area contributed by atoms with Crippen LogP contribution in [-0.4, -0.2) is 29.1 Å². The normalized spacial score (nSPS) is 10.2. The van der Waals surface area contributed by atoms with Crippen LogP contribution in [0.25, 0.3) is 10.9 Å². The van der Waals surface area contributed by atoms with Crippen molar-refractivity contribution in [2.45, 2.75) is 6.92 Å². The number of aromatic carboxylic acids is 1. The highest BCUT2D eigenvalue weighted by Crippen LogP contribution is 2.34. The Kier molecular flexibility index (Phi) is 3.33. The van der Waals surface area contributed by atoms with Crippen LogP contribution in [0.1, 0.15) is 17.3 Å². The number of carbonyl (C=O) groups excluding carboxylic acids is 1. The number of nitrogens with one attached hydrogen (secondary N) is 1. The van der Waals surface area contributed by atoms with Gasteiger partial charge in [0.2, 0.25) is 5.91 Å². The lowest BCUT2D eigenvalue weighted by Gasteiger charge is -2.13. The summed E-state index contributed by atoms with van der Waals surface area (Å²) in [4.78, 5) is 26.6. The number of aromatic nitrogens is 1. The number of fused-ring (bicyclic) bond motifs is 1. The van der Waals surface area contributed by atoms with Crippen LogP contribution in [0, 0.1) is 0 Å². The summed E-state index contributed by atoms with van der Waals surface area (Å²) in [7, 11) is 1.45. The van der Waals surface area contributed by atoms with E-state index in [0.29, 0.717) is 22.3 Å². The van der Waals surface area contributed by atoms with Crippen molar-refractivity contribution in [3.05, 3.63) is 30.0 Å². The number of hydrogen-bond acceptors (Lipinski definition) is 4. The summed E-state index contributed by atoms with van der Waals surface area (Å²) in [5.74, 6) is -1.02. The minimum absolute atomic E-state index is 0.0626. The lowest BCUT2D eigenvalue weighted by atomic mass is 10.1. The molecule has 0 spiro atoms. The quantitative estimate of drug-likeness (QED) is 0.879. The van der Waals surface area contributed by atoms with Crippen molar-refractivity contribution in [2.24, 2.45) is 0 Å². The van der Waals surface area contributed by atoms with Gasteiger partial charge in [0.05, 0.1) is 23.9 Å². The fourth-order valence-electron chi connectivity index (χ4n) is 1.88. The summed E-state index contributed by atoms with van der Waals surface area (Å²) in [5.41, 5.74) is 0.857. The van der Waals surface area contributed by atoms with Crippen LogP contribution in [0.4, 0.5) is 5.69 Å². The average Bonchev–Trinajstić information content (AvgIpc) is 2.37. The molecule has 1 heterocycles. The zero-order chi connectivity index (χ0) is 14.0. The largest absolute Gasteiger partial charge is 0.495 e. The molecular weight excluding hydrogens is 248 g/mol. The van der Waals surface area contributed by atoms with Crippen molar-refractivity contribution < 1.29 is 19.4 Å². The predicted octanol–water partition coefficient (Wildman–Crippen LogP) is 1.90. The van der Waals surface area contributed by atoms with Crippen LogP contribution in [0.5, 0.6) is 5.75 Å². The van der Waals surface area contributed by atoms with E-state index >= 15 is 0 Å². The standard InChI is InChI=1S/C13H12N2O4/c1-7(16)15-12-10(19-2)4-3-9-11(12)8(13(17)18)5-6-14-9/h3-6H,1-2H3,(H,15,16)(H,17,18). The highest BCUT2D eigenvalue weighted by Gasteiger charge is 2.17. The van der Waals surface area contributed by atoms with Gasteiger partial charge in [0, 0.05) is 18.5 Å². The second-order valence-electron chi connectivity index (χ2n) is 3.88. The number of ether oxygens (including phenoxy) is 1. The maximum Gasteiger partial charge on any atom is 0.336 e. The molecule has 0 saturated carbocycles. The maximum atomic E-state index is 11.3. The van der Waals surface area contributed by atoms with Gasteiger partial charge >= 0.3 is 5.97 Å². The van der Waals surface area contributed by atoms with Crippen LogP contribution in [0.15, 0.2) is 24.4 Å². The summed E-state index contributed by atoms with van der Waals surface area (Å²) < 4.78 is 5.15. The number of benzene rings is 1. The van der Waals surface area contributed by atoms with Crippen LogP contribution >= 0.6 is 0 Å². The molecule has 19 heavy (non-hydrogen) atoms. The van der Waals surface area contributed by atoms with E-state index in [0.717, 1.165) is 0 Å².